The van der Waals surface area contributed by atoms with E-state index in [4.69, 9.17) is 0 Å². The minimum Gasteiger partial charge on any atom is -0.366 e. The first-order valence-corrected chi connectivity index (χ1v) is 20.2. The number of carbonyl (C=O) groups excluding carboxylic acids is 2. The van der Waals surface area contributed by atoms with E-state index >= 15 is 0 Å². The summed E-state index contributed by atoms with van der Waals surface area (Å²) in [5.41, 5.74) is 6.83. The maximum atomic E-state index is 12.7. The Hall–Kier alpha value is -5.53. The molecule has 4 heterocycles. The number of nitrogens with one attached hydrogen (secondary N) is 2. The lowest BCUT2D eigenvalue weighted by Crippen LogP contribution is -2.41. The number of carbonyl (C=O) groups is 2. The number of aromatic nitrogens is 2. The number of rotatable bonds is 10. The Morgan fingerprint density at radius 3 is 1.54 bits per heavy atom. The summed E-state index contributed by atoms with van der Waals surface area (Å²) in [6, 6.07) is 31.9. The van der Waals surface area contributed by atoms with E-state index in [0.29, 0.717) is 29.4 Å². The topological polar surface area (TPSA) is 90.5 Å². The van der Waals surface area contributed by atoms with Crippen LogP contribution < -0.4 is 20.4 Å². The van der Waals surface area contributed by atoms with Crippen molar-refractivity contribution < 1.29 is 22.8 Å². The van der Waals surface area contributed by atoms with Crippen LogP contribution in [0, 0.1) is 0 Å². The molecule has 0 radical (unpaired) electrons. The smallest absolute Gasteiger partial charge is 0.366 e. The lowest BCUT2D eigenvalue weighted by molar-refractivity contribution is -0.137. The van der Waals surface area contributed by atoms with Crippen LogP contribution in [0.3, 0.4) is 0 Å². The van der Waals surface area contributed by atoms with Crippen molar-refractivity contribution >= 4 is 45.9 Å². The average molecular weight is 795 g/mol. The molecule has 0 aliphatic carbocycles. The van der Waals surface area contributed by atoms with Crippen LogP contribution in [0.4, 0.5) is 24.5 Å². The minimum atomic E-state index is -4.38. The molecule has 2 atom stereocenters. The first kappa shape index (κ1) is 38.7. The van der Waals surface area contributed by atoms with Crippen molar-refractivity contribution in [3.8, 4) is 21.1 Å². The zero-order valence-corrected chi connectivity index (χ0v) is 32.6. The summed E-state index contributed by atoms with van der Waals surface area (Å²) in [4.78, 5) is 38.4. The lowest BCUT2D eigenvalue weighted by atomic mass is 10.1. The number of hydrogen-bond acceptors (Lipinski definition) is 8. The van der Waals surface area contributed by atoms with Gasteiger partial charge in [-0.2, -0.15) is 13.2 Å². The predicted octanol–water partition coefficient (Wildman–Crippen LogP) is 9.00. The Morgan fingerprint density at radius 2 is 1.07 bits per heavy atom. The van der Waals surface area contributed by atoms with E-state index in [0.717, 1.165) is 48.6 Å². The molecular weight excluding hydrogens is 754 g/mol. The molecule has 2 aliphatic rings. The third kappa shape index (κ3) is 8.95. The first-order valence-electron chi connectivity index (χ1n) is 18.4. The summed E-state index contributed by atoms with van der Waals surface area (Å²) in [6.07, 6.45) is -2.31. The molecule has 8 nitrogen and oxygen atoms in total. The molecule has 2 aromatic heterocycles. The number of alkyl halides is 3. The molecule has 2 aliphatic heterocycles. The molecule has 288 valence electrons. The van der Waals surface area contributed by atoms with Gasteiger partial charge in [-0.3, -0.25) is 9.59 Å². The fourth-order valence-corrected chi connectivity index (χ4v) is 8.54. The van der Waals surface area contributed by atoms with Gasteiger partial charge in [-0.15, -0.1) is 22.7 Å². The molecule has 0 bridgehead atoms. The Kier molecular flexibility index (Phi) is 11.8. The SMILES string of the molecule is CC(CNC(=O)c1csc(-c2ccc(C(F)(F)F)cc2)n1)N1CCc2ccccc21.CC(CNC(=O)c1csc(-c2ccccc2)n1)N1CCc2ccccc21. The van der Waals surface area contributed by atoms with Crippen molar-refractivity contribution in [2.75, 3.05) is 36.0 Å². The van der Waals surface area contributed by atoms with Gasteiger partial charge in [-0.05, 0) is 62.1 Å². The van der Waals surface area contributed by atoms with Crippen LogP contribution in [-0.2, 0) is 19.0 Å². The van der Waals surface area contributed by atoms with E-state index in [-0.39, 0.29) is 29.6 Å². The molecule has 2 unspecified atom stereocenters. The Labute approximate surface area is 332 Å². The zero-order chi connectivity index (χ0) is 39.2. The van der Waals surface area contributed by atoms with Crippen LogP contribution in [0.5, 0.6) is 0 Å². The van der Waals surface area contributed by atoms with Crippen molar-refractivity contribution in [2.24, 2.45) is 0 Å². The van der Waals surface area contributed by atoms with Crippen LogP contribution in [0.1, 0.15) is 51.5 Å². The van der Waals surface area contributed by atoms with Gasteiger partial charge in [0.05, 0.1) is 5.56 Å². The number of benzene rings is 4. The largest absolute Gasteiger partial charge is 0.416 e. The number of halogens is 3. The zero-order valence-electron chi connectivity index (χ0n) is 30.9. The van der Waals surface area contributed by atoms with E-state index in [9.17, 15) is 22.8 Å². The van der Waals surface area contributed by atoms with Crippen molar-refractivity contribution in [2.45, 2.75) is 44.9 Å². The molecule has 0 saturated heterocycles. The highest BCUT2D eigenvalue weighted by atomic mass is 32.1. The molecule has 2 amide bonds. The summed E-state index contributed by atoms with van der Waals surface area (Å²) < 4.78 is 38.1. The second-order valence-electron chi connectivity index (χ2n) is 13.8. The Balaban J connectivity index is 0.000000173. The molecule has 8 rings (SSSR count). The number of para-hydroxylation sites is 2. The Bertz CT molecular complexity index is 2280. The first-order chi connectivity index (χ1) is 27.0. The van der Waals surface area contributed by atoms with E-state index in [1.54, 1.807) is 5.38 Å². The fraction of sp³-hybridized carbons (Fsp3) is 0.256. The molecular formula is C43H41F3N6O2S2. The summed E-state index contributed by atoms with van der Waals surface area (Å²) in [7, 11) is 0. The van der Waals surface area contributed by atoms with Crippen molar-refractivity contribution in [3.05, 3.63) is 142 Å². The predicted molar refractivity (Wildman–Crippen MR) is 219 cm³/mol. The molecule has 4 aromatic carbocycles. The van der Waals surface area contributed by atoms with E-state index in [2.05, 4.69) is 80.6 Å². The summed E-state index contributed by atoms with van der Waals surface area (Å²) >= 11 is 2.73. The van der Waals surface area contributed by atoms with Crippen molar-refractivity contribution in [3.63, 3.8) is 0 Å². The van der Waals surface area contributed by atoms with Crippen LogP contribution in [0.15, 0.2) is 114 Å². The molecule has 56 heavy (non-hydrogen) atoms. The number of thiazole rings is 2. The molecule has 13 heteroatoms. The molecule has 6 aromatic rings. The summed E-state index contributed by atoms with van der Waals surface area (Å²) in [5.74, 6) is -0.397. The minimum absolute atomic E-state index is 0.109. The van der Waals surface area contributed by atoms with Gasteiger partial charge in [-0.25, -0.2) is 9.97 Å². The molecule has 0 spiro atoms. The van der Waals surface area contributed by atoms with Crippen LogP contribution >= 0.6 is 22.7 Å². The fourth-order valence-electron chi connectivity index (χ4n) is 6.93. The van der Waals surface area contributed by atoms with Crippen LogP contribution in [0.25, 0.3) is 21.1 Å². The third-order valence-corrected chi connectivity index (χ3v) is 11.8. The highest BCUT2D eigenvalue weighted by molar-refractivity contribution is 7.13. The van der Waals surface area contributed by atoms with Crippen molar-refractivity contribution in [1.82, 2.24) is 20.6 Å². The average Bonchev–Trinajstić information content (AvgIpc) is 4.05. The quantitative estimate of drug-likeness (QED) is 0.144. The monoisotopic (exact) mass is 794 g/mol. The summed E-state index contributed by atoms with van der Waals surface area (Å²) in [5, 5.41) is 10.8. The summed E-state index contributed by atoms with van der Waals surface area (Å²) in [6.45, 7) is 7.22. The van der Waals surface area contributed by atoms with Gasteiger partial charge in [0.15, 0.2) is 0 Å². The number of nitrogens with zero attached hydrogens (tertiary/aromatic N) is 4. The maximum Gasteiger partial charge on any atom is 0.416 e. The standard InChI is InChI=1S/C22H20F3N3OS.C21H21N3OS/c1-14(28-11-10-15-4-2-3-5-19(15)28)12-26-20(29)18-13-30-21(27-18)16-6-8-17(9-7-16)22(23,24)25;1-15(24-12-11-16-7-5-6-10-19(16)24)13-22-20(25)18-14-26-21(23-18)17-8-3-2-4-9-17/h2-9,13-14H,10-12H2,1H3,(H,26,29);2-10,14-15H,11-13H2,1H3,(H,22,25). The van der Waals surface area contributed by atoms with Gasteiger partial charge in [0.1, 0.15) is 21.4 Å². The van der Waals surface area contributed by atoms with Gasteiger partial charge in [0.25, 0.3) is 11.8 Å². The van der Waals surface area contributed by atoms with Gasteiger partial charge >= 0.3 is 6.18 Å². The second-order valence-corrected chi connectivity index (χ2v) is 15.5. The van der Waals surface area contributed by atoms with E-state index < -0.39 is 11.7 Å². The number of amides is 2. The number of hydrogen-bond donors (Lipinski definition) is 2. The van der Waals surface area contributed by atoms with Gasteiger partial charge in [0.2, 0.25) is 0 Å². The van der Waals surface area contributed by atoms with Gasteiger partial charge < -0.3 is 20.4 Å². The van der Waals surface area contributed by atoms with Gasteiger partial charge in [0, 0.05) is 71.5 Å². The van der Waals surface area contributed by atoms with E-state index in [1.165, 1.54) is 57.3 Å². The lowest BCUT2D eigenvalue weighted by Gasteiger charge is -2.27. The Morgan fingerprint density at radius 1 is 0.643 bits per heavy atom. The number of fused-ring (bicyclic) bond motifs is 2. The van der Waals surface area contributed by atoms with E-state index in [1.807, 2.05) is 47.8 Å². The molecule has 2 N–H and O–H groups in total. The normalized spacial score (nSPS) is 14.3. The molecule has 0 saturated carbocycles. The highest BCUT2D eigenvalue weighted by Gasteiger charge is 2.30. The maximum absolute atomic E-state index is 12.7. The van der Waals surface area contributed by atoms with Crippen LogP contribution in [0.2, 0.25) is 0 Å². The van der Waals surface area contributed by atoms with Crippen LogP contribution in [-0.4, -0.2) is 60.0 Å². The molecule has 0 fully saturated rings. The van der Waals surface area contributed by atoms with Gasteiger partial charge in [-0.1, -0.05) is 78.9 Å². The number of anilines is 2. The van der Waals surface area contributed by atoms with Crippen molar-refractivity contribution in [1.29, 1.82) is 0 Å². The third-order valence-electron chi connectivity index (χ3n) is 9.98. The highest BCUT2D eigenvalue weighted by Crippen LogP contribution is 2.33. The second kappa shape index (κ2) is 17.1.